The third-order valence-electron chi connectivity index (χ3n) is 0.406. The SMILES string of the molecule is C=C=NSC=C(C)C. The van der Waals surface area contributed by atoms with Crippen molar-refractivity contribution in [3.63, 3.8) is 0 Å². The standard InChI is InChI=1S/C6H9NS/c1-4-7-8-5-6(2)3/h5H,1H2,2-3H3. The van der Waals surface area contributed by atoms with E-state index in [4.69, 9.17) is 0 Å². The molecule has 1 nitrogen and oxygen atoms in total. The van der Waals surface area contributed by atoms with Crippen LogP contribution in [0.5, 0.6) is 0 Å². The zero-order chi connectivity index (χ0) is 6.41. The van der Waals surface area contributed by atoms with Crippen LogP contribution >= 0.6 is 11.9 Å². The van der Waals surface area contributed by atoms with Gasteiger partial charge >= 0.3 is 0 Å². The molecule has 0 aliphatic heterocycles. The summed E-state index contributed by atoms with van der Waals surface area (Å²) in [5.74, 6) is 2.42. The van der Waals surface area contributed by atoms with Crippen molar-refractivity contribution in [1.82, 2.24) is 0 Å². The molecule has 0 aliphatic carbocycles. The van der Waals surface area contributed by atoms with Gasteiger partial charge in [-0.2, -0.15) is 4.40 Å². The van der Waals surface area contributed by atoms with E-state index >= 15 is 0 Å². The maximum absolute atomic E-state index is 3.69. The van der Waals surface area contributed by atoms with Gasteiger partial charge in [0.05, 0.1) is 0 Å². The third-order valence-corrected chi connectivity index (χ3v) is 1.22. The van der Waals surface area contributed by atoms with Crippen molar-refractivity contribution in [1.29, 1.82) is 0 Å². The minimum atomic E-state index is 1.24. The summed E-state index contributed by atoms with van der Waals surface area (Å²) in [5, 5.41) is 1.94. The quantitative estimate of drug-likeness (QED) is 0.410. The van der Waals surface area contributed by atoms with Crippen molar-refractivity contribution in [2.24, 2.45) is 4.40 Å². The highest BCUT2D eigenvalue weighted by molar-refractivity contribution is 8.01. The zero-order valence-corrected chi connectivity index (χ0v) is 5.96. The molecule has 0 radical (unpaired) electrons. The van der Waals surface area contributed by atoms with Gasteiger partial charge in [0.15, 0.2) is 0 Å². The van der Waals surface area contributed by atoms with Crippen LogP contribution in [0.4, 0.5) is 0 Å². The molecule has 0 saturated carbocycles. The van der Waals surface area contributed by atoms with E-state index < -0.39 is 0 Å². The van der Waals surface area contributed by atoms with Gasteiger partial charge in [-0.05, 0) is 31.7 Å². The van der Waals surface area contributed by atoms with E-state index in [2.05, 4.69) is 16.8 Å². The van der Waals surface area contributed by atoms with Crippen LogP contribution in [0.15, 0.2) is 22.0 Å². The Morgan fingerprint density at radius 1 is 1.75 bits per heavy atom. The summed E-state index contributed by atoms with van der Waals surface area (Å²) < 4.78 is 3.69. The predicted molar refractivity (Wildman–Crippen MR) is 40.1 cm³/mol. The molecule has 0 aromatic heterocycles. The largest absolute Gasteiger partial charge is 0.169 e. The first-order valence-corrected chi connectivity index (χ1v) is 3.12. The van der Waals surface area contributed by atoms with Crippen LogP contribution in [0.1, 0.15) is 13.8 Å². The normalized spacial score (nSPS) is 7.25. The van der Waals surface area contributed by atoms with Crippen LogP contribution in [0.25, 0.3) is 0 Å². The van der Waals surface area contributed by atoms with Crippen molar-refractivity contribution in [3.8, 4) is 0 Å². The van der Waals surface area contributed by atoms with Crippen molar-refractivity contribution >= 4 is 17.8 Å². The summed E-state index contributed by atoms with van der Waals surface area (Å²) in [7, 11) is 0. The Balaban J connectivity index is 3.44. The van der Waals surface area contributed by atoms with Gasteiger partial charge in [0.25, 0.3) is 0 Å². The molecule has 0 fully saturated rings. The maximum Gasteiger partial charge on any atom is 0.0126 e. The lowest BCUT2D eigenvalue weighted by Crippen LogP contribution is -1.54. The summed E-state index contributed by atoms with van der Waals surface area (Å²) in [4.78, 5) is 0. The smallest absolute Gasteiger partial charge is 0.0126 e. The highest BCUT2D eigenvalue weighted by Crippen LogP contribution is 2.05. The molecule has 0 saturated heterocycles. The Morgan fingerprint density at radius 3 is 2.75 bits per heavy atom. The van der Waals surface area contributed by atoms with Crippen LogP contribution in [0, 0.1) is 0 Å². The fourth-order valence-electron chi connectivity index (χ4n) is 0.169. The minimum Gasteiger partial charge on any atom is -0.169 e. The highest BCUT2D eigenvalue weighted by atomic mass is 32.2. The van der Waals surface area contributed by atoms with Gasteiger partial charge in [-0.25, -0.2) is 0 Å². The summed E-state index contributed by atoms with van der Waals surface area (Å²) in [6, 6.07) is 0. The van der Waals surface area contributed by atoms with E-state index in [1.54, 1.807) is 0 Å². The van der Waals surface area contributed by atoms with Gasteiger partial charge < -0.3 is 0 Å². The second-order valence-electron chi connectivity index (χ2n) is 1.55. The summed E-state index contributed by atoms with van der Waals surface area (Å²) in [6.45, 7) is 7.35. The molecule has 0 aromatic rings. The van der Waals surface area contributed by atoms with E-state index in [-0.39, 0.29) is 0 Å². The molecular formula is C6H9NS. The summed E-state index contributed by atoms with van der Waals surface area (Å²) >= 11 is 1.35. The zero-order valence-electron chi connectivity index (χ0n) is 5.14. The molecule has 0 bridgehead atoms. The predicted octanol–water partition coefficient (Wildman–Crippen LogP) is 2.41. The lowest BCUT2D eigenvalue weighted by Gasteiger charge is -1.80. The molecule has 0 aliphatic rings. The number of nitrogens with zero attached hydrogens (tertiary/aromatic N) is 1. The molecule has 0 spiro atoms. The van der Waals surface area contributed by atoms with Crippen LogP contribution in [0.2, 0.25) is 0 Å². The van der Waals surface area contributed by atoms with Gasteiger partial charge in [0.1, 0.15) is 0 Å². The molecule has 0 N–H and O–H groups in total. The third kappa shape index (κ3) is 5.54. The topological polar surface area (TPSA) is 12.4 Å². The Bertz CT molecular complexity index is 127. The van der Waals surface area contributed by atoms with Gasteiger partial charge in [-0.3, -0.25) is 0 Å². The van der Waals surface area contributed by atoms with E-state index in [0.717, 1.165) is 0 Å². The average Bonchev–Trinajstić information content (AvgIpc) is 1.66. The molecule has 0 amide bonds. The minimum absolute atomic E-state index is 1.24. The fraction of sp³-hybridized carbons (Fsp3) is 0.333. The second kappa shape index (κ2) is 4.69. The summed E-state index contributed by atoms with van der Waals surface area (Å²) in [5.41, 5.74) is 1.24. The second-order valence-corrected chi connectivity index (χ2v) is 2.18. The van der Waals surface area contributed by atoms with Crippen LogP contribution < -0.4 is 0 Å². The number of hydrogen-bond donors (Lipinski definition) is 0. The Kier molecular flexibility index (Phi) is 4.42. The van der Waals surface area contributed by atoms with Gasteiger partial charge in [-0.1, -0.05) is 5.57 Å². The fourth-order valence-corrected chi connectivity index (χ4v) is 0.507. The first-order valence-electron chi connectivity index (χ1n) is 2.28. The molecule has 8 heavy (non-hydrogen) atoms. The lowest BCUT2D eigenvalue weighted by molar-refractivity contribution is 1.41. The van der Waals surface area contributed by atoms with Crippen molar-refractivity contribution in [2.45, 2.75) is 13.8 Å². The van der Waals surface area contributed by atoms with E-state index in [0.29, 0.717) is 0 Å². The van der Waals surface area contributed by atoms with Crippen LogP contribution in [-0.4, -0.2) is 5.87 Å². The van der Waals surface area contributed by atoms with Crippen molar-refractivity contribution in [3.05, 3.63) is 17.6 Å². The highest BCUT2D eigenvalue weighted by Gasteiger charge is 1.72. The monoisotopic (exact) mass is 127 g/mol. The molecule has 0 aromatic carbocycles. The van der Waals surface area contributed by atoms with Crippen molar-refractivity contribution < 1.29 is 0 Å². The molecule has 0 heterocycles. The maximum atomic E-state index is 3.69. The Labute approximate surface area is 54.3 Å². The number of rotatable bonds is 2. The molecule has 0 unspecified atom stereocenters. The molecule has 2 heteroatoms. The first kappa shape index (κ1) is 7.54. The van der Waals surface area contributed by atoms with Crippen LogP contribution in [0.3, 0.4) is 0 Å². The van der Waals surface area contributed by atoms with E-state index in [1.807, 2.05) is 19.3 Å². The average molecular weight is 127 g/mol. The molecule has 0 rings (SSSR count). The molecular weight excluding hydrogens is 118 g/mol. The Morgan fingerprint density at radius 2 is 2.38 bits per heavy atom. The summed E-state index contributed by atoms with van der Waals surface area (Å²) in [6.07, 6.45) is 0. The van der Waals surface area contributed by atoms with Crippen molar-refractivity contribution in [2.75, 3.05) is 0 Å². The molecule has 0 atom stereocenters. The van der Waals surface area contributed by atoms with E-state index in [1.165, 1.54) is 17.5 Å². The Hall–Kier alpha value is -0.460. The van der Waals surface area contributed by atoms with E-state index in [9.17, 15) is 0 Å². The van der Waals surface area contributed by atoms with Gasteiger partial charge in [0.2, 0.25) is 0 Å². The first-order chi connectivity index (χ1) is 3.77. The van der Waals surface area contributed by atoms with Gasteiger partial charge in [0, 0.05) is 11.9 Å². The van der Waals surface area contributed by atoms with Crippen LogP contribution in [-0.2, 0) is 0 Å². The lowest BCUT2D eigenvalue weighted by atomic mass is 10.4. The molecule has 44 valence electrons. The number of allylic oxidation sites excluding steroid dienone is 1. The number of hydrogen-bond acceptors (Lipinski definition) is 2. The van der Waals surface area contributed by atoms with Gasteiger partial charge in [-0.15, -0.1) is 0 Å².